The summed E-state index contributed by atoms with van der Waals surface area (Å²) in [6.45, 7) is 8.31. The Kier molecular flexibility index (Phi) is 5.58. The van der Waals surface area contributed by atoms with E-state index in [1.165, 1.54) is 12.8 Å². The molecule has 1 aromatic heterocycles. The Labute approximate surface area is 136 Å². The van der Waals surface area contributed by atoms with Crippen molar-refractivity contribution in [3.05, 3.63) is 11.2 Å². The third-order valence-corrected chi connectivity index (χ3v) is 3.72. The van der Waals surface area contributed by atoms with Crippen molar-refractivity contribution in [1.82, 2.24) is 15.3 Å². The summed E-state index contributed by atoms with van der Waals surface area (Å²) in [5.41, 5.74) is 0. The second-order valence-electron chi connectivity index (χ2n) is 5.82. The number of thiocarbonyl (C=S) groups is 1. The fraction of sp³-hybridized carbons (Fsp3) is 0.643. The van der Waals surface area contributed by atoms with Crippen LogP contribution in [0.25, 0.3) is 0 Å². The molecule has 2 heterocycles. The van der Waals surface area contributed by atoms with E-state index in [9.17, 15) is 0 Å². The van der Waals surface area contributed by atoms with Crippen molar-refractivity contribution in [2.75, 3.05) is 23.3 Å². The van der Waals surface area contributed by atoms with Gasteiger partial charge in [0, 0.05) is 25.2 Å². The van der Waals surface area contributed by atoms with E-state index in [0.29, 0.717) is 22.1 Å². The molecule has 1 aliphatic rings. The number of nitrogens with zero attached hydrogens (tertiary/aromatic N) is 3. The quantitative estimate of drug-likeness (QED) is 0.657. The molecule has 0 saturated carbocycles. The molecule has 0 bridgehead atoms. The minimum absolute atomic E-state index is 0.256. The molecule has 1 aliphatic heterocycles. The van der Waals surface area contributed by atoms with Crippen LogP contribution in [-0.2, 0) is 0 Å². The third-order valence-electron chi connectivity index (χ3n) is 3.31. The van der Waals surface area contributed by atoms with E-state index in [1.807, 2.05) is 19.9 Å². The SMILES string of the molecule is CC1CCCN(c2cc(Cl)nc(NC(=S)NC(C)C)n2)C1. The summed E-state index contributed by atoms with van der Waals surface area (Å²) in [4.78, 5) is 11.0. The van der Waals surface area contributed by atoms with Gasteiger partial charge in [-0.25, -0.2) is 4.98 Å². The number of hydrogen-bond donors (Lipinski definition) is 2. The van der Waals surface area contributed by atoms with E-state index < -0.39 is 0 Å². The summed E-state index contributed by atoms with van der Waals surface area (Å²) in [7, 11) is 0. The van der Waals surface area contributed by atoms with Crippen LogP contribution in [-0.4, -0.2) is 34.2 Å². The van der Waals surface area contributed by atoms with Crippen LogP contribution in [0.4, 0.5) is 11.8 Å². The van der Waals surface area contributed by atoms with Crippen LogP contribution in [0.5, 0.6) is 0 Å². The van der Waals surface area contributed by atoms with Gasteiger partial charge in [-0.2, -0.15) is 4.98 Å². The zero-order valence-electron chi connectivity index (χ0n) is 12.7. The first-order valence-electron chi connectivity index (χ1n) is 7.31. The van der Waals surface area contributed by atoms with E-state index >= 15 is 0 Å². The van der Waals surface area contributed by atoms with Gasteiger partial charge < -0.3 is 15.5 Å². The average molecular weight is 328 g/mol. The lowest BCUT2D eigenvalue weighted by Crippen LogP contribution is -2.36. The molecule has 1 atom stereocenters. The number of aromatic nitrogens is 2. The zero-order chi connectivity index (χ0) is 15.4. The van der Waals surface area contributed by atoms with Gasteiger partial charge >= 0.3 is 0 Å². The Morgan fingerprint density at radius 1 is 1.48 bits per heavy atom. The minimum Gasteiger partial charge on any atom is -0.360 e. The first-order valence-corrected chi connectivity index (χ1v) is 8.09. The van der Waals surface area contributed by atoms with Crippen LogP contribution in [0.3, 0.4) is 0 Å². The van der Waals surface area contributed by atoms with Gasteiger partial charge in [-0.15, -0.1) is 0 Å². The van der Waals surface area contributed by atoms with Gasteiger partial charge in [0.2, 0.25) is 5.95 Å². The Bertz CT molecular complexity index is 508. The molecule has 5 nitrogen and oxygen atoms in total. The maximum Gasteiger partial charge on any atom is 0.232 e. The third kappa shape index (κ3) is 4.97. The summed E-state index contributed by atoms with van der Waals surface area (Å²) < 4.78 is 0. The maximum absolute atomic E-state index is 6.11. The molecular weight excluding hydrogens is 306 g/mol. The van der Waals surface area contributed by atoms with Crippen LogP contribution in [0.15, 0.2) is 6.07 Å². The maximum atomic E-state index is 6.11. The van der Waals surface area contributed by atoms with Crippen LogP contribution < -0.4 is 15.5 Å². The van der Waals surface area contributed by atoms with Gasteiger partial charge in [0.1, 0.15) is 11.0 Å². The second kappa shape index (κ2) is 7.22. The number of rotatable bonds is 3. The molecule has 1 aromatic rings. The van der Waals surface area contributed by atoms with Gasteiger partial charge in [-0.1, -0.05) is 18.5 Å². The van der Waals surface area contributed by atoms with Gasteiger partial charge in [0.25, 0.3) is 0 Å². The van der Waals surface area contributed by atoms with Crippen molar-refractivity contribution in [2.24, 2.45) is 5.92 Å². The van der Waals surface area contributed by atoms with E-state index in [2.05, 4.69) is 32.4 Å². The summed E-state index contributed by atoms with van der Waals surface area (Å²) in [6, 6.07) is 2.07. The Morgan fingerprint density at radius 3 is 2.90 bits per heavy atom. The predicted molar refractivity (Wildman–Crippen MR) is 92.1 cm³/mol. The Hall–Kier alpha value is -1.14. The number of piperidine rings is 1. The van der Waals surface area contributed by atoms with Gasteiger partial charge in [-0.3, -0.25) is 0 Å². The van der Waals surface area contributed by atoms with E-state index in [0.717, 1.165) is 18.9 Å². The fourth-order valence-electron chi connectivity index (χ4n) is 2.42. The van der Waals surface area contributed by atoms with Crippen LogP contribution >= 0.6 is 23.8 Å². The van der Waals surface area contributed by atoms with Crippen LogP contribution in [0.1, 0.15) is 33.6 Å². The highest BCUT2D eigenvalue weighted by Crippen LogP contribution is 2.24. The molecule has 0 radical (unpaired) electrons. The van der Waals surface area contributed by atoms with E-state index in [-0.39, 0.29) is 6.04 Å². The average Bonchev–Trinajstić information content (AvgIpc) is 2.36. The molecule has 1 unspecified atom stereocenters. The highest BCUT2D eigenvalue weighted by molar-refractivity contribution is 7.80. The molecule has 116 valence electrons. The number of hydrogen-bond acceptors (Lipinski definition) is 4. The highest BCUT2D eigenvalue weighted by atomic mass is 35.5. The monoisotopic (exact) mass is 327 g/mol. The lowest BCUT2D eigenvalue weighted by atomic mass is 10.0. The molecule has 2 N–H and O–H groups in total. The van der Waals surface area contributed by atoms with Crippen molar-refractivity contribution in [1.29, 1.82) is 0 Å². The van der Waals surface area contributed by atoms with Gasteiger partial charge in [0.15, 0.2) is 5.11 Å². The van der Waals surface area contributed by atoms with Crippen molar-refractivity contribution in [3.8, 4) is 0 Å². The number of anilines is 2. The molecule has 1 saturated heterocycles. The molecule has 1 fully saturated rings. The summed E-state index contributed by atoms with van der Waals surface area (Å²) in [5.74, 6) is 1.97. The predicted octanol–water partition coefficient (Wildman–Crippen LogP) is 3.06. The van der Waals surface area contributed by atoms with Gasteiger partial charge in [0.05, 0.1) is 0 Å². The number of halogens is 1. The fourth-order valence-corrected chi connectivity index (χ4v) is 2.93. The second-order valence-corrected chi connectivity index (χ2v) is 6.61. The van der Waals surface area contributed by atoms with Crippen molar-refractivity contribution < 1.29 is 0 Å². The van der Waals surface area contributed by atoms with Crippen molar-refractivity contribution >= 4 is 40.7 Å². The van der Waals surface area contributed by atoms with Crippen LogP contribution in [0.2, 0.25) is 5.15 Å². The summed E-state index contributed by atoms with van der Waals surface area (Å²) >= 11 is 11.3. The Balaban J connectivity index is 2.11. The lowest BCUT2D eigenvalue weighted by Gasteiger charge is -2.32. The number of nitrogens with one attached hydrogen (secondary N) is 2. The lowest BCUT2D eigenvalue weighted by molar-refractivity contribution is 0.444. The van der Waals surface area contributed by atoms with Crippen molar-refractivity contribution in [2.45, 2.75) is 39.7 Å². The summed E-state index contributed by atoms with van der Waals surface area (Å²) in [5, 5.41) is 7.02. The molecule has 0 amide bonds. The Morgan fingerprint density at radius 2 is 2.24 bits per heavy atom. The first kappa shape index (κ1) is 16.2. The molecule has 2 rings (SSSR count). The molecule has 7 heteroatoms. The summed E-state index contributed by atoms with van der Waals surface area (Å²) in [6.07, 6.45) is 2.45. The molecule has 0 aliphatic carbocycles. The molecule has 21 heavy (non-hydrogen) atoms. The van der Waals surface area contributed by atoms with E-state index in [1.54, 1.807) is 0 Å². The molecule has 0 aromatic carbocycles. The van der Waals surface area contributed by atoms with Crippen molar-refractivity contribution in [3.63, 3.8) is 0 Å². The first-order chi connectivity index (χ1) is 9.94. The smallest absolute Gasteiger partial charge is 0.232 e. The van der Waals surface area contributed by atoms with E-state index in [4.69, 9.17) is 23.8 Å². The van der Waals surface area contributed by atoms with Crippen LogP contribution in [0, 0.1) is 5.92 Å². The zero-order valence-corrected chi connectivity index (χ0v) is 14.3. The molecule has 0 spiro atoms. The minimum atomic E-state index is 0.256. The highest BCUT2D eigenvalue weighted by Gasteiger charge is 2.19. The topological polar surface area (TPSA) is 53.1 Å². The van der Waals surface area contributed by atoms with Gasteiger partial charge in [-0.05, 0) is 44.8 Å². The normalized spacial score (nSPS) is 18.7. The standard InChI is InChI=1S/C14H22ClN5S/c1-9(2)16-14(21)19-13-17-11(15)7-12(18-13)20-6-4-5-10(3)8-20/h7,9-10H,4-6,8H2,1-3H3,(H2,16,17,18,19,21). The molecular formula is C14H22ClN5S. The largest absolute Gasteiger partial charge is 0.360 e.